The number of nitrogens with zero attached hydrogens (tertiary/aromatic N) is 18. The Bertz CT molecular complexity index is 6380. The van der Waals surface area contributed by atoms with Gasteiger partial charge in [0.25, 0.3) is 0 Å². The zero-order chi connectivity index (χ0) is 104. The molecule has 6 amide bonds. The predicted octanol–water partition coefficient (Wildman–Crippen LogP) is 23.2. The number of hydrogen-bond acceptors (Lipinski definition) is 24. The molecule has 798 valence electrons. The second-order valence-corrected chi connectivity index (χ2v) is 43.1. The Labute approximate surface area is 883 Å². The number of imidazole rings is 6. The van der Waals surface area contributed by atoms with Gasteiger partial charge in [-0.3, -0.25) is 88.1 Å². The third-order valence-electron chi connectivity index (χ3n) is 26.0. The van der Waals surface area contributed by atoms with Crippen LogP contribution in [0.5, 0.6) is 5.88 Å². The molecule has 45 heteroatoms. The van der Waals surface area contributed by atoms with Gasteiger partial charge >= 0.3 is 6.18 Å². The average molecular weight is 2160 g/mol. The minimum Gasteiger partial charge on any atom is -0.475 e. The first-order chi connectivity index (χ1) is 69.6. The van der Waals surface area contributed by atoms with Crippen LogP contribution in [0.1, 0.15) is 274 Å². The summed E-state index contributed by atoms with van der Waals surface area (Å²) >= 11 is 30.1. The number of carbonyl (C=O) groups is 6. The molecule has 19 rings (SSSR count). The SMILES string of the molecule is CC(C)Oc1ccc2nc(NC(=O)CCOC(C)(C)C)n(CC(F)(F)F)c2n1.CC1(C)CC[C@@H](CC(=O)Nc2nc3ccc(Cl)nc3n2C2CCC2)O1.CCCn1c(NC(=O)CCC2CCCC2)nc2ccc(Cl)nc21.COCCn1c(NC(=O)CC(C)(C)C)nc2ccc(Cl)nc21.Cl.O=C(CCC1CCCO1)Nc1nc2ccc(Cl)nc2n1C1CCC1.O=C(CCC1CCOC1)Nc1nc2ccc(Cl)nc2n1C1CCC1. The molecule has 0 aromatic carbocycles. The molecule has 7 fully saturated rings. The van der Waals surface area contributed by atoms with Crippen LogP contribution in [0.15, 0.2) is 72.8 Å². The number of hydrogen-bond donors (Lipinski definition) is 6. The highest BCUT2D eigenvalue weighted by Gasteiger charge is 2.37. The van der Waals surface area contributed by atoms with Crippen LogP contribution >= 0.6 is 70.4 Å². The highest BCUT2D eigenvalue weighted by atomic mass is 35.5. The molecule has 2 unspecified atom stereocenters. The summed E-state index contributed by atoms with van der Waals surface area (Å²) in [4.78, 5) is 126. The number of carbonyl (C=O) groups excluding carboxylic acids is 6. The maximum Gasteiger partial charge on any atom is 0.406 e. The Morgan fingerprint density at radius 3 is 1.25 bits per heavy atom. The van der Waals surface area contributed by atoms with E-state index < -0.39 is 24.2 Å². The van der Waals surface area contributed by atoms with Crippen molar-refractivity contribution in [3.05, 3.63) is 98.6 Å². The maximum absolute atomic E-state index is 13.1. The fourth-order valence-corrected chi connectivity index (χ4v) is 18.9. The number of amides is 6. The number of methoxy groups -OCH3 is 1. The van der Waals surface area contributed by atoms with Crippen molar-refractivity contribution >= 4 is 209 Å². The van der Waals surface area contributed by atoms with Gasteiger partial charge in [-0.05, 0) is 248 Å². The van der Waals surface area contributed by atoms with Gasteiger partial charge < -0.3 is 28.4 Å². The quantitative estimate of drug-likeness (QED) is 0.0213. The Hall–Kier alpha value is -10.3. The topological polar surface area (TPSA) is 414 Å². The van der Waals surface area contributed by atoms with Gasteiger partial charge in [0, 0.05) is 83.4 Å². The Morgan fingerprint density at radius 2 is 0.850 bits per heavy atom. The van der Waals surface area contributed by atoms with Gasteiger partial charge in [-0.2, -0.15) is 18.2 Å². The van der Waals surface area contributed by atoms with Gasteiger partial charge in [0.15, 0.2) is 33.9 Å². The van der Waals surface area contributed by atoms with Crippen LogP contribution in [0.3, 0.4) is 0 Å². The second kappa shape index (κ2) is 51.9. The van der Waals surface area contributed by atoms with Crippen molar-refractivity contribution in [3.8, 4) is 5.88 Å². The summed E-state index contributed by atoms with van der Waals surface area (Å²) in [7, 11) is 1.62. The minimum absolute atomic E-state index is 0. The summed E-state index contributed by atoms with van der Waals surface area (Å²) in [6.07, 6.45) is 21.6. The van der Waals surface area contributed by atoms with Gasteiger partial charge in [0.1, 0.15) is 65.4 Å². The normalized spacial score (nSPS) is 17.4. The molecule has 3 aliphatic heterocycles. The average Bonchev–Trinajstić information content (AvgIpc) is 1.60. The Balaban J connectivity index is 0.000000147. The number of aryl methyl sites for hydroxylation is 1. The van der Waals surface area contributed by atoms with E-state index >= 15 is 0 Å². The van der Waals surface area contributed by atoms with Gasteiger partial charge in [0.2, 0.25) is 77.0 Å². The van der Waals surface area contributed by atoms with Gasteiger partial charge in [-0.15, -0.1) is 12.4 Å². The number of nitrogens with one attached hydrogen (secondary N) is 6. The molecule has 4 aliphatic carbocycles. The summed E-state index contributed by atoms with van der Waals surface area (Å²) in [5.41, 5.74) is 6.91. The number of alkyl halides is 3. The number of rotatable bonds is 32. The molecule has 0 radical (unpaired) electrons. The van der Waals surface area contributed by atoms with Gasteiger partial charge in [-0.25, -0.2) is 54.8 Å². The van der Waals surface area contributed by atoms with E-state index in [-0.39, 0.29) is 107 Å². The lowest BCUT2D eigenvalue weighted by Crippen LogP contribution is -2.26. The monoisotopic (exact) mass is 2150 g/mol. The number of anilines is 6. The van der Waals surface area contributed by atoms with E-state index in [0.717, 1.165) is 178 Å². The highest BCUT2D eigenvalue weighted by Crippen LogP contribution is 2.42. The maximum atomic E-state index is 13.1. The lowest BCUT2D eigenvalue weighted by atomic mass is 9.92. The molecular formula is C102H135Cl6F3N24O12. The summed E-state index contributed by atoms with van der Waals surface area (Å²) in [5.74, 6) is 3.35. The molecule has 3 saturated heterocycles. The number of fused-ring (bicyclic) bond motifs is 6. The minimum atomic E-state index is -4.51. The Kier molecular flexibility index (Phi) is 40.2. The summed E-state index contributed by atoms with van der Waals surface area (Å²) < 4.78 is 82.8. The lowest BCUT2D eigenvalue weighted by Gasteiger charge is -2.28. The fraction of sp³-hybridized carbons (Fsp3) is 0.588. The number of halogens is 9. The van der Waals surface area contributed by atoms with Crippen LogP contribution in [-0.4, -0.2) is 198 Å². The number of ether oxygens (including phenoxy) is 6. The van der Waals surface area contributed by atoms with Crippen LogP contribution in [-0.2, 0) is 72.1 Å². The van der Waals surface area contributed by atoms with E-state index in [1.54, 1.807) is 57.4 Å². The van der Waals surface area contributed by atoms with E-state index in [4.69, 9.17) is 86.4 Å². The summed E-state index contributed by atoms with van der Waals surface area (Å²) in [5, 5.41) is 19.3. The number of pyridine rings is 6. The molecule has 4 saturated carbocycles. The van der Waals surface area contributed by atoms with Gasteiger partial charge in [-0.1, -0.05) is 111 Å². The van der Waals surface area contributed by atoms with Crippen molar-refractivity contribution in [1.82, 2.24) is 87.2 Å². The van der Waals surface area contributed by atoms with E-state index in [1.807, 2.05) is 88.6 Å². The van der Waals surface area contributed by atoms with Crippen molar-refractivity contribution in [2.45, 2.75) is 329 Å². The zero-order valence-corrected chi connectivity index (χ0v) is 90.0. The molecular weight excluding hydrogens is 2020 g/mol. The van der Waals surface area contributed by atoms with E-state index in [1.165, 1.54) is 57.1 Å². The van der Waals surface area contributed by atoms with Crippen LogP contribution in [0.25, 0.3) is 67.0 Å². The second-order valence-electron chi connectivity index (χ2n) is 41.1. The molecule has 15 heterocycles. The summed E-state index contributed by atoms with van der Waals surface area (Å²) in [6, 6.07) is 21.8. The molecule has 3 atom stereocenters. The smallest absolute Gasteiger partial charge is 0.406 e. The number of aromatic nitrogens is 18. The van der Waals surface area contributed by atoms with E-state index in [2.05, 4.69) is 112 Å². The largest absolute Gasteiger partial charge is 0.475 e. The van der Waals surface area contributed by atoms with Crippen molar-refractivity contribution in [1.29, 1.82) is 0 Å². The van der Waals surface area contributed by atoms with E-state index in [0.29, 0.717) is 136 Å². The molecule has 0 bridgehead atoms. The van der Waals surface area contributed by atoms with Crippen LogP contribution in [0.2, 0.25) is 25.8 Å². The predicted molar refractivity (Wildman–Crippen MR) is 567 cm³/mol. The first-order valence-corrected chi connectivity index (χ1v) is 52.6. The molecule has 7 aliphatic rings. The van der Waals surface area contributed by atoms with Crippen molar-refractivity contribution in [3.63, 3.8) is 0 Å². The summed E-state index contributed by atoms with van der Waals surface area (Å²) in [6.45, 7) is 24.3. The molecule has 12 aromatic heterocycles. The fourth-order valence-electron chi connectivity index (χ4n) is 18.2. The van der Waals surface area contributed by atoms with E-state index in [9.17, 15) is 41.9 Å². The third-order valence-corrected chi connectivity index (χ3v) is 27.0. The molecule has 36 nitrogen and oxygen atoms in total. The highest BCUT2D eigenvalue weighted by molar-refractivity contribution is 6.31. The molecule has 147 heavy (non-hydrogen) atoms. The molecule has 0 spiro atoms. The van der Waals surface area contributed by atoms with Crippen LogP contribution in [0, 0.1) is 17.3 Å². The first-order valence-electron chi connectivity index (χ1n) is 50.7. The standard InChI is InChI=1S/C18H23ClN4O2.C18H25F3N4O3.2C17H21ClN4O2.C17H23ClN4O.C15H21ClN4O2.ClH/c1-18(2)9-8-12(25-18)10-15(24)22-17-20-13-6-7-14(19)21-16(13)23(17)11-4-3-5-11;1-11(2)28-14-7-6-12-15(24-14)25(10-18(19,20)21)16(22-12)23-13(26)8-9-27-17(3,4)5;18-14-8-7-13-16(20-14)22(11-3-1-4-11)17(19-13)21-15(23)9-6-12-5-2-10-24-12;18-14-6-5-13-16(20-14)22(12-2-1-3-12)17(19-13)21-15(23)7-4-11-8-9-24-10-11;1-2-11-22-16-13(8-9-14(18)20-16)19-17(22)21-15(23)10-7-12-5-3-4-6-12;1-15(2,3)9-12(21)19-14-17-10-5-6-11(16)18-13(10)20(14)7-8-22-4;/h6-7,11-12H,3-5,8-10H2,1-2H3,(H,20,22,24);6-7,11H,8-10H2,1-5H3,(H,22,23,26);7-8,11-12H,1-6,9-10H2,(H,19,21,23);5-6,11-12H,1-4,7-10H2,(H,19,21,23);8-9,12H,2-7,10-11H2,1H3,(H,19,21,23);5-6H,7-9H2,1-4H3,(H,17,19,21);1H/t12-;;;;;;/m0....../s1. The van der Waals surface area contributed by atoms with Crippen molar-refractivity contribution < 1.29 is 70.4 Å². The first kappa shape index (κ1) is 114. The molecule has 6 N–H and O–H groups in total. The van der Waals surface area contributed by atoms with Gasteiger partial charge in [0.05, 0.1) is 62.1 Å². The Morgan fingerprint density at radius 1 is 0.442 bits per heavy atom. The molecule has 12 aromatic rings. The third kappa shape index (κ3) is 32.6. The van der Waals surface area contributed by atoms with Crippen LogP contribution in [0.4, 0.5) is 48.9 Å². The van der Waals surface area contributed by atoms with Crippen LogP contribution < -0.4 is 36.6 Å². The zero-order valence-electron chi connectivity index (χ0n) is 85.4. The van der Waals surface area contributed by atoms with Crippen molar-refractivity contribution in [2.75, 3.05) is 72.0 Å². The lowest BCUT2D eigenvalue weighted by molar-refractivity contribution is -0.140. The van der Waals surface area contributed by atoms with Crippen molar-refractivity contribution in [2.24, 2.45) is 17.3 Å².